The molecule has 0 aromatic rings. The minimum absolute atomic E-state index is 0.00250. The Bertz CT molecular complexity index is 491. The Hall–Kier alpha value is -0.200. The van der Waals surface area contributed by atoms with Crippen molar-refractivity contribution in [3.05, 3.63) is 0 Å². The number of aliphatic hydroxyl groups excluding tert-OH is 4. The molecule has 1 aliphatic heterocycles. The second-order valence-corrected chi connectivity index (χ2v) is 8.68. The molecule has 4 fully saturated rings. The van der Waals surface area contributed by atoms with Gasteiger partial charge in [-0.25, -0.2) is 0 Å². The first-order valence-corrected chi connectivity index (χ1v) is 8.57. The number of aliphatic hydroxyl groups is 4. The van der Waals surface area contributed by atoms with E-state index in [1.165, 1.54) is 0 Å². The van der Waals surface area contributed by atoms with Gasteiger partial charge < -0.3 is 25.2 Å². The molecular formula is C17H28O5. The lowest BCUT2D eigenvalue weighted by molar-refractivity contribution is -0.418. The fraction of sp³-hybridized carbons (Fsp3) is 1.00. The van der Waals surface area contributed by atoms with Crippen LogP contribution in [0.2, 0.25) is 0 Å². The summed E-state index contributed by atoms with van der Waals surface area (Å²) in [6, 6.07) is 0. The number of ether oxygens (including phenoxy) is 1. The number of hydrogen-bond donors (Lipinski definition) is 4. The van der Waals surface area contributed by atoms with Gasteiger partial charge in [0.15, 0.2) is 0 Å². The van der Waals surface area contributed by atoms with Crippen molar-refractivity contribution in [1.82, 2.24) is 0 Å². The zero-order chi connectivity index (χ0) is 16.1. The highest BCUT2D eigenvalue weighted by atomic mass is 16.5. The predicted molar refractivity (Wildman–Crippen MR) is 78.9 cm³/mol. The van der Waals surface area contributed by atoms with Gasteiger partial charge in [0.1, 0.15) is 6.10 Å². The third kappa shape index (κ3) is 1.28. The maximum atomic E-state index is 11.0. The van der Waals surface area contributed by atoms with Crippen molar-refractivity contribution in [2.45, 2.75) is 70.6 Å². The highest BCUT2D eigenvalue weighted by Crippen LogP contribution is 2.78. The van der Waals surface area contributed by atoms with E-state index in [-0.39, 0.29) is 22.9 Å². The van der Waals surface area contributed by atoms with Crippen LogP contribution < -0.4 is 0 Å². The van der Waals surface area contributed by atoms with Crippen molar-refractivity contribution in [3.63, 3.8) is 0 Å². The van der Waals surface area contributed by atoms with Gasteiger partial charge in [0, 0.05) is 10.8 Å². The van der Waals surface area contributed by atoms with E-state index in [1.54, 1.807) is 0 Å². The highest BCUT2D eigenvalue weighted by Gasteiger charge is 2.81. The standard InChI is InChI=1S/C17H28O5/c1-8(2)17-5-4-16(17)7-22-14(16)13(21)15(3)10(17)6-9(18)11(19)12(15)20/h8-14,18-21H,4-7H2,1-3H3/t9-,10?,11-,12+,13+,14-,15?,16-,17+/m0/s1. The molecule has 4 N–H and O–H groups in total. The zero-order valence-corrected chi connectivity index (χ0v) is 13.6. The summed E-state index contributed by atoms with van der Waals surface area (Å²) in [5, 5.41) is 42.1. The van der Waals surface area contributed by atoms with Crippen LogP contribution in [-0.2, 0) is 4.74 Å². The van der Waals surface area contributed by atoms with E-state index in [0.717, 1.165) is 12.8 Å². The summed E-state index contributed by atoms with van der Waals surface area (Å²) in [4.78, 5) is 0. The third-order valence-corrected chi connectivity index (χ3v) is 8.14. The molecule has 9 atom stereocenters. The van der Waals surface area contributed by atoms with E-state index in [1.807, 2.05) is 6.92 Å². The van der Waals surface area contributed by atoms with Crippen molar-refractivity contribution in [2.75, 3.05) is 6.61 Å². The van der Waals surface area contributed by atoms with Gasteiger partial charge in [-0.1, -0.05) is 20.8 Å². The fourth-order valence-electron chi connectivity index (χ4n) is 6.80. The van der Waals surface area contributed by atoms with Gasteiger partial charge in [-0.15, -0.1) is 0 Å². The summed E-state index contributed by atoms with van der Waals surface area (Å²) < 4.78 is 5.77. The first kappa shape index (κ1) is 15.3. The lowest BCUT2D eigenvalue weighted by atomic mass is 9.29. The maximum Gasteiger partial charge on any atom is 0.106 e. The zero-order valence-electron chi connectivity index (χ0n) is 13.6. The van der Waals surface area contributed by atoms with Crippen molar-refractivity contribution in [3.8, 4) is 0 Å². The summed E-state index contributed by atoms with van der Waals surface area (Å²) >= 11 is 0. The number of rotatable bonds is 1. The molecule has 4 rings (SSSR count). The van der Waals surface area contributed by atoms with Crippen molar-refractivity contribution < 1.29 is 25.2 Å². The molecule has 0 aromatic carbocycles. The summed E-state index contributed by atoms with van der Waals surface area (Å²) in [5.74, 6) is 0.386. The highest BCUT2D eigenvalue weighted by molar-refractivity contribution is 5.28. The van der Waals surface area contributed by atoms with Crippen LogP contribution in [0.25, 0.3) is 0 Å². The molecule has 5 heteroatoms. The van der Waals surface area contributed by atoms with Gasteiger partial charge in [0.25, 0.3) is 0 Å². The lowest BCUT2D eigenvalue weighted by Crippen LogP contribution is -2.84. The van der Waals surface area contributed by atoms with E-state index in [2.05, 4.69) is 13.8 Å². The van der Waals surface area contributed by atoms with E-state index < -0.39 is 29.8 Å². The van der Waals surface area contributed by atoms with Crippen LogP contribution in [-0.4, -0.2) is 57.6 Å². The molecule has 126 valence electrons. The molecule has 0 bridgehead atoms. The van der Waals surface area contributed by atoms with Crippen LogP contribution in [0.4, 0.5) is 0 Å². The minimum Gasteiger partial charge on any atom is -0.390 e. The Morgan fingerprint density at radius 2 is 1.73 bits per heavy atom. The molecule has 0 aromatic heterocycles. The van der Waals surface area contributed by atoms with Gasteiger partial charge in [0.2, 0.25) is 0 Å². The van der Waals surface area contributed by atoms with E-state index in [9.17, 15) is 20.4 Å². The Labute approximate surface area is 131 Å². The van der Waals surface area contributed by atoms with Crippen LogP contribution in [0.3, 0.4) is 0 Å². The number of fused-ring (bicyclic) bond motifs is 2. The molecule has 3 aliphatic carbocycles. The fourth-order valence-corrected chi connectivity index (χ4v) is 6.80. The van der Waals surface area contributed by atoms with E-state index in [4.69, 9.17) is 4.74 Å². The first-order valence-electron chi connectivity index (χ1n) is 8.57. The molecule has 1 heterocycles. The van der Waals surface area contributed by atoms with E-state index >= 15 is 0 Å². The van der Waals surface area contributed by atoms with Crippen molar-refractivity contribution in [2.24, 2.45) is 28.1 Å². The van der Waals surface area contributed by atoms with E-state index in [0.29, 0.717) is 18.9 Å². The topological polar surface area (TPSA) is 90.2 Å². The van der Waals surface area contributed by atoms with Crippen LogP contribution in [0.5, 0.6) is 0 Å². The van der Waals surface area contributed by atoms with Crippen LogP contribution in [0.1, 0.15) is 40.0 Å². The normalized spacial score (nSPS) is 63.3. The molecule has 22 heavy (non-hydrogen) atoms. The van der Waals surface area contributed by atoms with Gasteiger partial charge in [-0.2, -0.15) is 0 Å². The molecule has 5 nitrogen and oxygen atoms in total. The molecule has 0 radical (unpaired) electrons. The maximum absolute atomic E-state index is 11.0. The Kier molecular flexibility index (Phi) is 2.96. The van der Waals surface area contributed by atoms with Crippen molar-refractivity contribution in [1.29, 1.82) is 0 Å². The molecular weight excluding hydrogens is 284 g/mol. The summed E-state index contributed by atoms with van der Waals surface area (Å²) in [6.07, 6.45) is -1.76. The largest absolute Gasteiger partial charge is 0.390 e. The molecule has 1 spiro atoms. The van der Waals surface area contributed by atoms with Gasteiger partial charge >= 0.3 is 0 Å². The SMILES string of the molecule is CC(C)[C@@]12CC[C@@]13CO[C@H]3[C@@H](O)C1(C)C2C[C@H](O)[C@H](O)[C@H]1O. The average molecular weight is 312 g/mol. The van der Waals surface area contributed by atoms with Gasteiger partial charge in [0.05, 0.1) is 31.0 Å². The third-order valence-electron chi connectivity index (χ3n) is 8.14. The molecule has 4 aliphatic rings. The smallest absolute Gasteiger partial charge is 0.106 e. The monoisotopic (exact) mass is 312 g/mol. The second kappa shape index (κ2) is 4.25. The number of hydrogen-bond acceptors (Lipinski definition) is 5. The summed E-state index contributed by atoms with van der Waals surface area (Å²) in [5.41, 5.74) is -0.865. The molecule has 1 saturated heterocycles. The molecule has 2 unspecified atom stereocenters. The van der Waals surface area contributed by atoms with Crippen LogP contribution in [0.15, 0.2) is 0 Å². The predicted octanol–water partition coefficient (Wildman–Crippen LogP) is 0.291. The molecule has 3 saturated carbocycles. The van der Waals surface area contributed by atoms with Gasteiger partial charge in [-0.05, 0) is 36.5 Å². The Morgan fingerprint density at radius 3 is 2.18 bits per heavy atom. The quantitative estimate of drug-likeness (QED) is 0.559. The first-order chi connectivity index (χ1) is 10.2. The summed E-state index contributed by atoms with van der Waals surface area (Å²) in [7, 11) is 0. The Balaban J connectivity index is 1.87. The van der Waals surface area contributed by atoms with Crippen LogP contribution in [0, 0.1) is 28.1 Å². The minimum atomic E-state index is -1.20. The van der Waals surface area contributed by atoms with Gasteiger partial charge in [-0.3, -0.25) is 0 Å². The summed E-state index contributed by atoms with van der Waals surface area (Å²) in [6.45, 7) is 6.96. The second-order valence-electron chi connectivity index (χ2n) is 8.68. The lowest BCUT2D eigenvalue weighted by Gasteiger charge is -2.80. The van der Waals surface area contributed by atoms with Crippen LogP contribution >= 0.6 is 0 Å². The van der Waals surface area contributed by atoms with Crippen molar-refractivity contribution >= 4 is 0 Å². The average Bonchev–Trinajstić information content (AvgIpc) is 2.39. The molecule has 0 amide bonds. The Morgan fingerprint density at radius 1 is 1.05 bits per heavy atom.